The number of rotatable bonds is 4. The molecule has 1 aliphatic rings. The molecule has 1 fully saturated rings. The number of aromatic nitrogens is 3. The molecule has 0 unspecified atom stereocenters. The fourth-order valence-corrected chi connectivity index (χ4v) is 3.86. The van der Waals surface area contributed by atoms with Crippen molar-refractivity contribution < 1.29 is 5.11 Å². The monoisotopic (exact) mass is 324 g/mol. The van der Waals surface area contributed by atoms with Gasteiger partial charge in [-0.15, -0.1) is 0 Å². The summed E-state index contributed by atoms with van der Waals surface area (Å²) in [4.78, 5) is 2.36. The highest BCUT2D eigenvalue weighted by atomic mass is 16.3. The van der Waals surface area contributed by atoms with E-state index < -0.39 is 0 Å². The van der Waals surface area contributed by atoms with Gasteiger partial charge >= 0.3 is 0 Å². The van der Waals surface area contributed by atoms with Crippen molar-refractivity contribution in [2.45, 2.75) is 26.0 Å². The van der Waals surface area contributed by atoms with Crippen LogP contribution in [0.5, 0.6) is 0 Å². The number of hydrogen-bond acceptors (Lipinski definition) is 3. The molecule has 1 saturated heterocycles. The molecule has 0 amide bonds. The van der Waals surface area contributed by atoms with Gasteiger partial charge in [-0.1, -0.05) is 12.1 Å². The molecular formula is C19H24N4O. The SMILES string of the molecule is Cc1cc(C[C@@H]2CN(Cc3cccc4c3ccn4C)C[C@H]2O)n[nH]1. The van der Waals surface area contributed by atoms with E-state index in [4.69, 9.17) is 0 Å². The van der Waals surface area contributed by atoms with E-state index in [0.717, 1.165) is 37.4 Å². The Hall–Kier alpha value is -2.11. The Morgan fingerprint density at radius 2 is 2.17 bits per heavy atom. The zero-order valence-electron chi connectivity index (χ0n) is 14.2. The van der Waals surface area contributed by atoms with Gasteiger partial charge in [0.2, 0.25) is 0 Å². The van der Waals surface area contributed by atoms with Crippen molar-refractivity contribution >= 4 is 10.9 Å². The van der Waals surface area contributed by atoms with Crippen LogP contribution in [-0.2, 0) is 20.0 Å². The molecule has 0 spiro atoms. The summed E-state index contributed by atoms with van der Waals surface area (Å²) in [5.41, 5.74) is 4.71. The standard InChI is InChI=1S/C19H24N4O/c1-13-8-16(21-20-13)9-15-11-23(12-19(15)24)10-14-4-3-5-18-17(14)6-7-22(18)2/h3-8,15,19,24H,9-12H2,1-2H3,(H,20,21)/t15-,19-/m1/s1. The van der Waals surface area contributed by atoms with Crippen LogP contribution >= 0.6 is 0 Å². The van der Waals surface area contributed by atoms with E-state index in [2.05, 4.69) is 63.2 Å². The lowest BCUT2D eigenvalue weighted by Crippen LogP contribution is -2.21. The lowest BCUT2D eigenvalue weighted by molar-refractivity contribution is 0.140. The number of aromatic amines is 1. The normalized spacial score (nSPS) is 21.8. The lowest BCUT2D eigenvalue weighted by Gasteiger charge is -2.16. The van der Waals surface area contributed by atoms with Crippen LogP contribution in [0.3, 0.4) is 0 Å². The molecule has 1 aliphatic heterocycles. The van der Waals surface area contributed by atoms with Gasteiger partial charge in [-0.05, 0) is 37.1 Å². The minimum absolute atomic E-state index is 0.252. The molecule has 24 heavy (non-hydrogen) atoms. The molecular weight excluding hydrogens is 300 g/mol. The molecule has 3 heterocycles. The van der Waals surface area contributed by atoms with Gasteiger partial charge in [-0.2, -0.15) is 5.10 Å². The number of aliphatic hydroxyl groups excluding tert-OH is 1. The zero-order chi connectivity index (χ0) is 16.7. The van der Waals surface area contributed by atoms with E-state index in [1.807, 2.05) is 6.92 Å². The first-order chi connectivity index (χ1) is 11.6. The minimum atomic E-state index is -0.281. The van der Waals surface area contributed by atoms with E-state index in [1.165, 1.54) is 16.5 Å². The number of hydrogen-bond donors (Lipinski definition) is 2. The van der Waals surface area contributed by atoms with Crippen LogP contribution in [0.25, 0.3) is 10.9 Å². The molecule has 2 atom stereocenters. The topological polar surface area (TPSA) is 57.1 Å². The van der Waals surface area contributed by atoms with E-state index in [0.29, 0.717) is 0 Å². The Balaban J connectivity index is 1.47. The van der Waals surface area contributed by atoms with E-state index in [-0.39, 0.29) is 12.0 Å². The molecule has 5 nitrogen and oxygen atoms in total. The smallest absolute Gasteiger partial charge is 0.0711 e. The van der Waals surface area contributed by atoms with Crippen LogP contribution in [0.2, 0.25) is 0 Å². The molecule has 1 aromatic carbocycles. The van der Waals surface area contributed by atoms with Gasteiger partial charge in [-0.25, -0.2) is 0 Å². The number of likely N-dealkylation sites (tertiary alicyclic amines) is 1. The Morgan fingerprint density at radius 3 is 2.96 bits per heavy atom. The highest BCUT2D eigenvalue weighted by Crippen LogP contribution is 2.26. The number of aryl methyl sites for hydroxylation is 2. The Kier molecular flexibility index (Phi) is 3.90. The third-order valence-corrected chi connectivity index (χ3v) is 5.12. The van der Waals surface area contributed by atoms with Crippen LogP contribution < -0.4 is 0 Å². The third-order valence-electron chi connectivity index (χ3n) is 5.12. The van der Waals surface area contributed by atoms with Crippen molar-refractivity contribution in [1.82, 2.24) is 19.7 Å². The molecule has 0 aliphatic carbocycles. The second kappa shape index (κ2) is 6.07. The summed E-state index contributed by atoms with van der Waals surface area (Å²) in [6.07, 6.45) is 2.66. The second-order valence-electron chi connectivity index (χ2n) is 7.04. The zero-order valence-corrected chi connectivity index (χ0v) is 14.2. The van der Waals surface area contributed by atoms with Crippen LogP contribution in [0, 0.1) is 12.8 Å². The number of benzene rings is 1. The predicted octanol–water partition coefficient (Wildman–Crippen LogP) is 2.25. The Bertz CT molecular complexity index is 850. The molecule has 0 bridgehead atoms. The van der Waals surface area contributed by atoms with Crippen LogP contribution in [-0.4, -0.2) is 44.0 Å². The van der Waals surface area contributed by atoms with Gasteiger partial charge in [0, 0.05) is 55.4 Å². The number of aliphatic hydroxyl groups is 1. The van der Waals surface area contributed by atoms with Crippen molar-refractivity contribution in [3.8, 4) is 0 Å². The fraction of sp³-hybridized carbons (Fsp3) is 0.421. The van der Waals surface area contributed by atoms with Gasteiger partial charge in [0.25, 0.3) is 0 Å². The molecule has 0 radical (unpaired) electrons. The fourth-order valence-electron chi connectivity index (χ4n) is 3.86. The van der Waals surface area contributed by atoms with Crippen molar-refractivity contribution in [2.24, 2.45) is 13.0 Å². The van der Waals surface area contributed by atoms with Crippen molar-refractivity contribution in [2.75, 3.05) is 13.1 Å². The van der Waals surface area contributed by atoms with Gasteiger partial charge in [0.05, 0.1) is 11.8 Å². The molecule has 2 aromatic heterocycles. The summed E-state index contributed by atoms with van der Waals surface area (Å²) in [5.74, 6) is 0.252. The summed E-state index contributed by atoms with van der Waals surface area (Å²) in [5, 5.41) is 19.0. The number of β-amino-alcohol motifs (C(OH)–C–C–N with tert-alkyl or cyclic N) is 1. The summed E-state index contributed by atoms with van der Waals surface area (Å²) < 4.78 is 2.15. The number of H-pyrrole nitrogens is 1. The summed E-state index contributed by atoms with van der Waals surface area (Å²) >= 11 is 0. The average Bonchev–Trinajstić information content (AvgIpc) is 3.22. The van der Waals surface area contributed by atoms with E-state index in [1.54, 1.807) is 0 Å². The maximum absolute atomic E-state index is 10.4. The first-order valence-corrected chi connectivity index (χ1v) is 8.54. The van der Waals surface area contributed by atoms with Crippen LogP contribution in [0.4, 0.5) is 0 Å². The molecule has 126 valence electrons. The van der Waals surface area contributed by atoms with Crippen LogP contribution in [0.15, 0.2) is 36.5 Å². The van der Waals surface area contributed by atoms with Gasteiger partial charge < -0.3 is 9.67 Å². The van der Waals surface area contributed by atoms with Crippen molar-refractivity contribution in [1.29, 1.82) is 0 Å². The average molecular weight is 324 g/mol. The second-order valence-corrected chi connectivity index (χ2v) is 7.04. The van der Waals surface area contributed by atoms with Crippen molar-refractivity contribution in [3.63, 3.8) is 0 Å². The number of nitrogens with one attached hydrogen (secondary N) is 1. The number of fused-ring (bicyclic) bond motifs is 1. The lowest BCUT2D eigenvalue weighted by atomic mass is 10.00. The van der Waals surface area contributed by atoms with Crippen LogP contribution in [0.1, 0.15) is 17.0 Å². The third kappa shape index (κ3) is 2.85. The predicted molar refractivity (Wildman–Crippen MR) is 94.7 cm³/mol. The minimum Gasteiger partial charge on any atom is -0.391 e. The highest BCUT2D eigenvalue weighted by Gasteiger charge is 2.31. The maximum atomic E-state index is 10.4. The molecule has 0 saturated carbocycles. The molecule has 5 heteroatoms. The molecule has 4 rings (SSSR count). The van der Waals surface area contributed by atoms with Gasteiger partial charge in [-0.3, -0.25) is 10.00 Å². The van der Waals surface area contributed by atoms with E-state index >= 15 is 0 Å². The summed E-state index contributed by atoms with van der Waals surface area (Å²) in [6.45, 7) is 4.54. The van der Waals surface area contributed by atoms with Crippen molar-refractivity contribution in [3.05, 3.63) is 53.5 Å². The molecule has 2 N–H and O–H groups in total. The number of nitrogens with zero attached hydrogens (tertiary/aromatic N) is 3. The van der Waals surface area contributed by atoms with Gasteiger partial charge in [0.15, 0.2) is 0 Å². The molecule has 3 aromatic rings. The first kappa shape index (κ1) is 15.4. The Labute approximate surface area is 141 Å². The maximum Gasteiger partial charge on any atom is 0.0711 e. The van der Waals surface area contributed by atoms with E-state index in [9.17, 15) is 5.11 Å². The quantitative estimate of drug-likeness (QED) is 0.774. The first-order valence-electron chi connectivity index (χ1n) is 8.54. The highest BCUT2D eigenvalue weighted by molar-refractivity contribution is 5.83. The summed E-state index contributed by atoms with van der Waals surface area (Å²) in [6, 6.07) is 10.7. The van der Waals surface area contributed by atoms with Gasteiger partial charge in [0.1, 0.15) is 0 Å². The summed E-state index contributed by atoms with van der Waals surface area (Å²) in [7, 11) is 2.08. The largest absolute Gasteiger partial charge is 0.391 e. The Morgan fingerprint density at radius 1 is 1.29 bits per heavy atom.